The van der Waals surface area contributed by atoms with Gasteiger partial charge in [-0.25, -0.2) is 9.67 Å². The summed E-state index contributed by atoms with van der Waals surface area (Å²) in [6.45, 7) is 5.03. The van der Waals surface area contributed by atoms with Crippen LogP contribution >= 0.6 is 11.3 Å². The van der Waals surface area contributed by atoms with Crippen molar-refractivity contribution in [2.45, 2.75) is 19.9 Å². The summed E-state index contributed by atoms with van der Waals surface area (Å²) in [5.41, 5.74) is 4.57. The van der Waals surface area contributed by atoms with Crippen LogP contribution in [-0.2, 0) is 11.3 Å². The highest BCUT2D eigenvalue weighted by Crippen LogP contribution is 2.21. The molecule has 0 atom stereocenters. The number of hydrogen-bond acceptors (Lipinski definition) is 8. The molecular formula is C16H20N6O4S. The Kier molecular flexibility index (Phi) is 6.14. The number of carbonyl (C=O) groups excluding carboxylic acids is 2. The number of amides is 2. The molecule has 2 amide bonds. The van der Waals surface area contributed by atoms with Gasteiger partial charge in [-0.05, 0) is 12.5 Å². The Morgan fingerprint density at radius 1 is 1.19 bits per heavy atom. The van der Waals surface area contributed by atoms with Crippen molar-refractivity contribution in [3.05, 3.63) is 39.3 Å². The highest BCUT2D eigenvalue weighted by Gasteiger charge is 2.18. The Morgan fingerprint density at radius 2 is 1.89 bits per heavy atom. The number of anilines is 1. The van der Waals surface area contributed by atoms with Crippen molar-refractivity contribution in [1.82, 2.24) is 25.6 Å². The average molecular weight is 392 g/mol. The molecule has 0 aliphatic carbocycles. The van der Waals surface area contributed by atoms with Crippen LogP contribution in [0.15, 0.2) is 22.3 Å². The Morgan fingerprint density at radius 3 is 2.59 bits per heavy atom. The molecule has 11 heteroatoms. The third kappa shape index (κ3) is 4.68. The molecule has 0 spiro atoms. The second kappa shape index (κ2) is 8.73. The van der Waals surface area contributed by atoms with Crippen molar-refractivity contribution >= 4 is 28.3 Å². The molecule has 1 aliphatic rings. The van der Waals surface area contributed by atoms with E-state index in [2.05, 4.69) is 20.9 Å². The average Bonchev–Trinajstić information content (AvgIpc) is 3.19. The summed E-state index contributed by atoms with van der Waals surface area (Å²) in [4.78, 5) is 42.3. The Bertz CT molecular complexity index is 874. The van der Waals surface area contributed by atoms with Crippen LogP contribution in [0.1, 0.15) is 34.3 Å². The lowest BCUT2D eigenvalue weighted by atomic mass is 10.3. The third-order valence-electron chi connectivity index (χ3n) is 3.83. The van der Waals surface area contributed by atoms with Crippen LogP contribution in [0, 0.1) is 0 Å². The summed E-state index contributed by atoms with van der Waals surface area (Å²) < 4.78 is 6.51. The van der Waals surface area contributed by atoms with Crippen molar-refractivity contribution in [2.24, 2.45) is 0 Å². The van der Waals surface area contributed by atoms with Crippen molar-refractivity contribution in [2.75, 3.05) is 31.2 Å². The fourth-order valence-corrected chi connectivity index (χ4v) is 3.31. The molecule has 0 saturated carbocycles. The van der Waals surface area contributed by atoms with Gasteiger partial charge < -0.3 is 9.64 Å². The van der Waals surface area contributed by atoms with E-state index < -0.39 is 11.8 Å². The van der Waals surface area contributed by atoms with Gasteiger partial charge in [0.25, 0.3) is 17.4 Å². The van der Waals surface area contributed by atoms with Crippen LogP contribution in [0.3, 0.4) is 0 Å². The smallest absolute Gasteiger partial charge is 0.290 e. The Hall–Kier alpha value is -2.79. The molecule has 1 saturated heterocycles. The zero-order valence-corrected chi connectivity index (χ0v) is 15.6. The molecule has 2 N–H and O–H groups in total. The monoisotopic (exact) mass is 392 g/mol. The molecule has 1 aliphatic heterocycles. The lowest BCUT2D eigenvalue weighted by Crippen LogP contribution is -2.42. The van der Waals surface area contributed by atoms with Gasteiger partial charge in [0.2, 0.25) is 0 Å². The van der Waals surface area contributed by atoms with E-state index in [1.54, 1.807) is 5.38 Å². The minimum atomic E-state index is -0.614. The predicted molar refractivity (Wildman–Crippen MR) is 98.9 cm³/mol. The number of aryl methyl sites for hydroxylation is 1. The first-order valence-electron chi connectivity index (χ1n) is 8.55. The molecule has 27 heavy (non-hydrogen) atoms. The molecule has 1 fully saturated rings. The van der Waals surface area contributed by atoms with Crippen LogP contribution < -0.4 is 21.3 Å². The van der Waals surface area contributed by atoms with Crippen LogP contribution in [0.4, 0.5) is 5.13 Å². The normalized spacial score (nSPS) is 14.0. The number of carbonyl (C=O) groups is 2. The maximum Gasteiger partial charge on any atom is 0.290 e. The molecule has 0 unspecified atom stereocenters. The van der Waals surface area contributed by atoms with Gasteiger partial charge in [-0.15, -0.1) is 11.3 Å². The van der Waals surface area contributed by atoms with Crippen LogP contribution in [-0.4, -0.2) is 52.9 Å². The van der Waals surface area contributed by atoms with Gasteiger partial charge >= 0.3 is 0 Å². The highest BCUT2D eigenvalue weighted by atomic mass is 32.1. The summed E-state index contributed by atoms with van der Waals surface area (Å²) in [7, 11) is 0. The lowest BCUT2D eigenvalue weighted by molar-refractivity contribution is 0.0840. The maximum absolute atomic E-state index is 12.2. The fourth-order valence-electron chi connectivity index (χ4n) is 2.45. The number of nitrogens with one attached hydrogen (secondary N) is 2. The van der Waals surface area contributed by atoms with Gasteiger partial charge in [0.15, 0.2) is 10.8 Å². The van der Waals surface area contributed by atoms with Crippen molar-refractivity contribution in [3.63, 3.8) is 0 Å². The first kappa shape index (κ1) is 19.0. The molecule has 2 aromatic rings. The summed E-state index contributed by atoms with van der Waals surface area (Å²) in [6.07, 6.45) is 0.712. The van der Waals surface area contributed by atoms with E-state index in [0.29, 0.717) is 26.2 Å². The van der Waals surface area contributed by atoms with Gasteiger partial charge in [-0.3, -0.25) is 25.2 Å². The quantitative estimate of drug-likeness (QED) is 0.689. The number of hydrazine groups is 1. The fraction of sp³-hybridized carbons (Fsp3) is 0.438. The number of thiazole rings is 1. The van der Waals surface area contributed by atoms with Gasteiger partial charge in [0, 0.05) is 31.1 Å². The molecule has 2 aromatic heterocycles. The highest BCUT2D eigenvalue weighted by molar-refractivity contribution is 7.13. The second-order valence-electron chi connectivity index (χ2n) is 5.80. The van der Waals surface area contributed by atoms with Gasteiger partial charge in [-0.2, -0.15) is 5.10 Å². The first-order valence-corrected chi connectivity index (χ1v) is 9.43. The first-order chi connectivity index (χ1) is 13.1. The standard InChI is InChI=1S/C16H20N6O4S/c1-2-5-22-13(23)4-3-11(20-22)14(24)18-19-15(25)12-10-27-16(17-12)21-6-8-26-9-7-21/h3-4,10H,2,5-9H2,1H3,(H,18,24)(H,19,25). The summed E-state index contributed by atoms with van der Waals surface area (Å²) in [5, 5.41) is 6.36. The molecular weight excluding hydrogens is 372 g/mol. The van der Waals surface area contributed by atoms with Crippen molar-refractivity contribution < 1.29 is 14.3 Å². The van der Waals surface area contributed by atoms with E-state index >= 15 is 0 Å². The number of rotatable bonds is 5. The van der Waals surface area contributed by atoms with Gasteiger partial charge in [0.1, 0.15) is 5.69 Å². The van der Waals surface area contributed by atoms with Gasteiger partial charge in [-0.1, -0.05) is 6.92 Å². The molecule has 0 radical (unpaired) electrons. The third-order valence-corrected chi connectivity index (χ3v) is 4.73. The van der Waals surface area contributed by atoms with E-state index in [-0.39, 0.29) is 16.9 Å². The predicted octanol–water partition coefficient (Wildman–Crippen LogP) is 0.0212. The van der Waals surface area contributed by atoms with E-state index in [9.17, 15) is 14.4 Å². The molecule has 0 aromatic carbocycles. The van der Waals surface area contributed by atoms with E-state index in [1.807, 2.05) is 11.8 Å². The van der Waals surface area contributed by atoms with Gasteiger partial charge in [0.05, 0.1) is 13.2 Å². The molecule has 3 heterocycles. The summed E-state index contributed by atoms with van der Waals surface area (Å²) >= 11 is 1.36. The van der Waals surface area contributed by atoms with Crippen molar-refractivity contribution in [3.8, 4) is 0 Å². The molecule has 0 bridgehead atoms. The minimum absolute atomic E-state index is 0.0376. The van der Waals surface area contributed by atoms with Crippen molar-refractivity contribution in [1.29, 1.82) is 0 Å². The SMILES string of the molecule is CCCn1nc(C(=O)NNC(=O)c2csc(N3CCOCC3)n2)ccc1=O. The minimum Gasteiger partial charge on any atom is -0.378 e. The van der Waals surface area contributed by atoms with E-state index in [1.165, 1.54) is 28.2 Å². The summed E-state index contributed by atoms with van der Waals surface area (Å²) in [5.74, 6) is -1.14. The van der Waals surface area contributed by atoms with E-state index in [4.69, 9.17) is 4.74 Å². The number of aromatic nitrogens is 3. The van der Waals surface area contributed by atoms with E-state index in [0.717, 1.165) is 18.2 Å². The maximum atomic E-state index is 12.2. The van der Waals surface area contributed by atoms with Crippen LogP contribution in [0.5, 0.6) is 0 Å². The van der Waals surface area contributed by atoms with Crippen LogP contribution in [0.2, 0.25) is 0 Å². The number of nitrogens with zero attached hydrogens (tertiary/aromatic N) is 4. The zero-order chi connectivity index (χ0) is 19.2. The Labute approximate surface area is 159 Å². The van der Waals surface area contributed by atoms with Crippen LogP contribution in [0.25, 0.3) is 0 Å². The second-order valence-corrected chi connectivity index (χ2v) is 6.64. The molecule has 3 rings (SSSR count). The Balaban J connectivity index is 1.59. The largest absolute Gasteiger partial charge is 0.378 e. The lowest BCUT2D eigenvalue weighted by Gasteiger charge is -2.25. The number of ether oxygens (including phenoxy) is 1. The topological polar surface area (TPSA) is 118 Å². The summed E-state index contributed by atoms with van der Waals surface area (Å²) in [6, 6.07) is 2.59. The number of hydrogen-bond donors (Lipinski definition) is 2. The molecule has 144 valence electrons. The molecule has 10 nitrogen and oxygen atoms in total. The zero-order valence-electron chi connectivity index (χ0n) is 14.8. The number of morpholine rings is 1.